The third-order valence-electron chi connectivity index (χ3n) is 2.17. The van der Waals surface area contributed by atoms with Crippen molar-refractivity contribution in [3.63, 3.8) is 0 Å². The van der Waals surface area contributed by atoms with E-state index >= 15 is 0 Å². The van der Waals surface area contributed by atoms with Crippen LogP contribution in [-0.4, -0.2) is 43.4 Å². The summed E-state index contributed by atoms with van der Waals surface area (Å²) in [5.41, 5.74) is 0. The minimum Gasteiger partial charge on any atom is -0.292 e. The normalized spacial score (nSPS) is 30.1. The van der Waals surface area contributed by atoms with Crippen molar-refractivity contribution >= 4 is 40.7 Å². The van der Waals surface area contributed by atoms with E-state index in [2.05, 4.69) is 47.1 Å². The van der Waals surface area contributed by atoms with Gasteiger partial charge in [0.25, 0.3) is 0 Å². The average molecular weight is 348 g/mol. The number of hydrogen-bond acceptors (Lipinski definition) is 3. The quantitative estimate of drug-likeness (QED) is 0.352. The first kappa shape index (κ1) is 12.9. The van der Waals surface area contributed by atoms with E-state index in [0.29, 0.717) is 6.54 Å². The van der Waals surface area contributed by atoms with Crippen molar-refractivity contribution in [1.29, 1.82) is 0 Å². The Bertz CT molecular complexity index is 314. The van der Waals surface area contributed by atoms with Crippen molar-refractivity contribution in [1.82, 2.24) is 4.90 Å². The molecule has 7 heteroatoms. The zero-order valence-electron chi connectivity index (χ0n) is 8.70. The van der Waals surface area contributed by atoms with Crippen LogP contribution in [0.15, 0.2) is 0 Å². The molecule has 0 aromatic rings. The summed E-state index contributed by atoms with van der Waals surface area (Å²) < 4.78 is 22.2. The predicted molar refractivity (Wildman–Crippen MR) is 69.6 cm³/mol. The third-order valence-corrected chi connectivity index (χ3v) is 6.92. The van der Waals surface area contributed by atoms with E-state index in [1.54, 1.807) is 0 Å². The van der Waals surface area contributed by atoms with E-state index in [0.717, 1.165) is 6.17 Å². The van der Waals surface area contributed by atoms with Crippen molar-refractivity contribution in [2.75, 3.05) is 12.7 Å². The van der Waals surface area contributed by atoms with Gasteiger partial charge in [-0.05, 0) is 6.17 Å². The Hall–Kier alpha value is 0.817. The van der Waals surface area contributed by atoms with Crippen LogP contribution in [0.1, 0.15) is 0 Å². The molecule has 1 saturated heterocycles. The molecular formula is C7H17IN2O2SSi. The van der Waals surface area contributed by atoms with Crippen molar-refractivity contribution in [2.45, 2.75) is 28.9 Å². The van der Waals surface area contributed by atoms with Crippen molar-refractivity contribution in [3.05, 3.63) is 0 Å². The molecule has 2 N–H and O–H groups in total. The molecule has 1 rings (SSSR count). The monoisotopic (exact) mass is 348 g/mol. The van der Waals surface area contributed by atoms with Gasteiger partial charge in [0.15, 0.2) is 0 Å². The lowest BCUT2D eigenvalue weighted by Gasteiger charge is -2.45. The molecule has 0 aromatic carbocycles. The first-order valence-corrected chi connectivity index (χ1v) is 11.1. The van der Waals surface area contributed by atoms with Gasteiger partial charge in [-0.2, -0.15) is 0 Å². The molecule has 84 valence electrons. The summed E-state index contributed by atoms with van der Waals surface area (Å²) in [6, 6.07) is 0. The summed E-state index contributed by atoms with van der Waals surface area (Å²) in [6.45, 7) is 7.44. The number of hydrogen-bond donors (Lipinski definition) is 1. The van der Waals surface area contributed by atoms with Crippen LogP contribution in [0, 0.1) is 0 Å². The number of rotatable bonds is 3. The van der Waals surface area contributed by atoms with Crippen LogP contribution in [-0.2, 0) is 10.0 Å². The van der Waals surface area contributed by atoms with E-state index in [1.165, 1.54) is 0 Å². The minimum atomic E-state index is -3.34. The first-order chi connectivity index (χ1) is 6.11. The SMILES string of the molecule is C[Si](C)(C)CN1CC(S(N)(=O)=O)C1I. The average Bonchev–Trinajstić information content (AvgIpc) is 1.92. The molecule has 0 saturated carbocycles. The van der Waals surface area contributed by atoms with Crippen LogP contribution < -0.4 is 5.14 Å². The number of sulfonamides is 1. The standard InChI is InChI=1S/C7H17IN2O2SSi/c1-14(2,3)5-10-4-6(7(10)8)13(9,11)12/h6-7H,4-5H2,1-3H3,(H2,9,11,12). The van der Waals surface area contributed by atoms with Gasteiger partial charge in [-0.3, -0.25) is 4.90 Å². The van der Waals surface area contributed by atoms with Crippen molar-refractivity contribution < 1.29 is 8.42 Å². The van der Waals surface area contributed by atoms with Crippen LogP contribution in [0.25, 0.3) is 0 Å². The van der Waals surface area contributed by atoms with Gasteiger partial charge in [0, 0.05) is 6.54 Å². The second kappa shape index (κ2) is 4.00. The maximum atomic E-state index is 11.1. The van der Waals surface area contributed by atoms with E-state index in [1.807, 2.05) is 0 Å². The van der Waals surface area contributed by atoms with Gasteiger partial charge in [-0.1, -0.05) is 42.2 Å². The molecule has 1 heterocycles. The lowest BCUT2D eigenvalue weighted by atomic mass is 10.2. The van der Waals surface area contributed by atoms with Gasteiger partial charge in [-0.15, -0.1) is 0 Å². The molecule has 0 amide bonds. The topological polar surface area (TPSA) is 63.4 Å². The second-order valence-corrected chi connectivity index (χ2v) is 13.5. The zero-order chi connectivity index (χ0) is 11.1. The molecule has 0 aromatic heterocycles. The molecule has 1 aliphatic rings. The largest absolute Gasteiger partial charge is 0.292 e. The summed E-state index contributed by atoms with van der Waals surface area (Å²) in [5, 5.41) is 4.75. The second-order valence-electron chi connectivity index (χ2n) is 4.99. The highest BCUT2D eigenvalue weighted by atomic mass is 127. The Labute approximate surface area is 100 Å². The van der Waals surface area contributed by atoms with E-state index in [-0.39, 0.29) is 9.30 Å². The van der Waals surface area contributed by atoms with Crippen LogP contribution in [0.4, 0.5) is 0 Å². The highest BCUT2D eigenvalue weighted by Crippen LogP contribution is 2.29. The summed E-state index contributed by atoms with van der Waals surface area (Å²) in [6.07, 6.45) is 1.05. The molecule has 2 atom stereocenters. The van der Waals surface area contributed by atoms with Gasteiger partial charge in [-0.25, -0.2) is 13.6 Å². The molecular weight excluding hydrogens is 331 g/mol. The summed E-state index contributed by atoms with van der Waals surface area (Å²) in [5.74, 6) is 0. The molecule has 0 bridgehead atoms. The molecule has 2 unspecified atom stereocenters. The maximum absolute atomic E-state index is 11.1. The highest BCUT2D eigenvalue weighted by Gasteiger charge is 2.45. The molecule has 1 fully saturated rings. The Morgan fingerprint density at radius 2 is 2.00 bits per heavy atom. The lowest BCUT2D eigenvalue weighted by Crippen LogP contribution is -2.64. The number of alkyl halides is 1. The molecule has 0 radical (unpaired) electrons. The third kappa shape index (κ3) is 3.16. The molecule has 1 aliphatic heterocycles. The van der Waals surface area contributed by atoms with Crippen LogP contribution in [0.5, 0.6) is 0 Å². The van der Waals surface area contributed by atoms with Gasteiger partial charge < -0.3 is 0 Å². The molecule has 0 aliphatic carbocycles. The van der Waals surface area contributed by atoms with Crippen LogP contribution in [0.3, 0.4) is 0 Å². The number of nitrogens with two attached hydrogens (primary N) is 1. The van der Waals surface area contributed by atoms with Gasteiger partial charge >= 0.3 is 0 Å². The fourth-order valence-corrected chi connectivity index (χ4v) is 6.22. The predicted octanol–water partition coefficient (Wildman–Crippen LogP) is 0.598. The van der Waals surface area contributed by atoms with Crippen molar-refractivity contribution in [2.24, 2.45) is 5.14 Å². The fourth-order valence-electron chi connectivity index (χ4n) is 1.54. The molecule has 14 heavy (non-hydrogen) atoms. The van der Waals surface area contributed by atoms with Crippen LogP contribution >= 0.6 is 22.6 Å². The van der Waals surface area contributed by atoms with Gasteiger partial charge in [0.1, 0.15) is 5.25 Å². The number of likely N-dealkylation sites (tertiary alicyclic amines) is 1. The number of nitrogens with zero attached hydrogens (tertiary/aromatic N) is 1. The fraction of sp³-hybridized carbons (Fsp3) is 1.00. The van der Waals surface area contributed by atoms with Crippen LogP contribution in [0.2, 0.25) is 19.6 Å². The Balaban J connectivity index is 2.53. The zero-order valence-corrected chi connectivity index (χ0v) is 12.7. The Morgan fingerprint density at radius 1 is 1.50 bits per heavy atom. The van der Waals surface area contributed by atoms with Gasteiger partial charge in [0.2, 0.25) is 10.0 Å². The van der Waals surface area contributed by atoms with E-state index < -0.39 is 18.1 Å². The highest BCUT2D eigenvalue weighted by molar-refractivity contribution is 14.1. The Kier molecular flexibility index (Phi) is 3.68. The molecule has 0 spiro atoms. The van der Waals surface area contributed by atoms with E-state index in [4.69, 9.17) is 5.14 Å². The number of primary sulfonamides is 1. The van der Waals surface area contributed by atoms with Gasteiger partial charge in [0.05, 0.1) is 12.1 Å². The van der Waals surface area contributed by atoms with E-state index in [9.17, 15) is 8.42 Å². The number of halogens is 1. The maximum Gasteiger partial charge on any atom is 0.215 e. The Morgan fingerprint density at radius 3 is 2.29 bits per heavy atom. The minimum absolute atomic E-state index is 0.0642. The molecule has 4 nitrogen and oxygen atoms in total. The summed E-state index contributed by atoms with van der Waals surface area (Å²) in [4.78, 5) is 2.21. The summed E-state index contributed by atoms with van der Waals surface area (Å²) >= 11 is 2.17. The summed E-state index contributed by atoms with van der Waals surface area (Å²) in [7, 11) is -4.47. The van der Waals surface area contributed by atoms with Crippen molar-refractivity contribution in [3.8, 4) is 0 Å². The first-order valence-electron chi connectivity index (χ1n) is 4.51. The smallest absolute Gasteiger partial charge is 0.215 e. The lowest BCUT2D eigenvalue weighted by molar-refractivity contribution is 0.198.